The average Bonchev–Trinajstić information content (AvgIpc) is 3.35. The van der Waals surface area contributed by atoms with E-state index in [4.69, 9.17) is 4.74 Å². The molecule has 4 aromatic rings. The third-order valence-corrected chi connectivity index (χ3v) is 6.88. The maximum Gasteiger partial charge on any atom is 0.173 e. The van der Waals surface area contributed by atoms with Gasteiger partial charge in [-0.1, -0.05) is 42.5 Å². The molecule has 0 N–H and O–H groups in total. The molecule has 0 saturated carbocycles. The second-order valence-corrected chi connectivity index (χ2v) is 9.28. The Hall–Kier alpha value is -3.78. The number of nitrogens with zero attached hydrogens (tertiary/aromatic N) is 6. The standard InChI is InChI=1S/C28H31FN6O/c1-20-8-9-21(2)26(18-20)33-14-16-34(17-15-33)27(24-6-4-5-7-25(24)29)28-30-31-32-35(28)19-22-10-12-23(36-3)13-11-22/h4-13,18,27H,14-17,19H2,1-3H3. The van der Waals surface area contributed by atoms with E-state index in [-0.39, 0.29) is 11.9 Å². The van der Waals surface area contributed by atoms with Crippen LogP contribution in [0.3, 0.4) is 0 Å². The Bertz CT molecular complexity index is 1310. The fraction of sp³-hybridized carbons (Fsp3) is 0.321. The maximum absolute atomic E-state index is 15.1. The third-order valence-electron chi connectivity index (χ3n) is 6.88. The number of rotatable bonds is 7. The molecular weight excluding hydrogens is 455 g/mol. The normalized spacial score (nSPS) is 15.2. The molecule has 1 saturated heterocycles. The summed E-state index contributed by atoms with van der Waals surface area (Å²) in [6, 6.07) is 20.9. The highest BCUT2D eigenvalue weighted by Gasteiger charge is 2.32. The Morgan fingerprint density at radius 1 is 0.944 bits per heavy atom. The second kappa shape index (κ2) is 10.5. The van der Waals surface area contributed by atoms with Crippen molar-refractivity contribution >= 4 is 5.69 Å². The van der Waals surface area contributed by atoms with E-state index >= 15 is 4.39 Å². The number of hydrogen-bond donors (Lipinski definition) is 0. The molecule has 0 spiro atoms. The average molecular weight is 487 g/mol. The van der Waals surface area contributed by atoms with Gasteiger partial charge in [0.15, 0.2) is 5.82 Å². The number of methoxy groups -OCH3 is 1. The van der Waals surface area contributed by atoms with E-state index in [1.165, 1.54) is 22.9 Å². The van der Waals surface area contributed by atoms with Gasteiger partial charge in [0.25, 0.3) is 0 Å². The number of piperazine rings is 1. The van der Waals surface area contributed by atoms with Gasteiger partial charge in [-0.2, -0.15) is 0 Å². The van der Waals surface area contributed by atoms with Crippen molar-refractivity contribution in [1.82, 2.24) is 25.1 Å². The van der Waals surface area contributed by atoms with E-state index in [9.17, 15) is 0 Å². The first-order valence-electron chi connectivity index (χ1n) is 12.2. The minimum atomic E-state index is -0.389. The molecule has 0 bridgehead atoms. The van der Waals surface area contributed by atoms with Crippen LogP contribution in [0.15, 0.2) is 66.7 Å². The molecule has 186 valence electrons. The van der Waals surface area contributed by atoms with Gasteiger partial charge in [0, 0.05) is 37.4 Å². The Labute approximate surface area is 211 Å². The predicted molar refractivity (Wildman–Crippen MR) is 138 cm³/mol. The lowest BCUT2D eigenvalue weighted by molar-refractivity contribution is 0.198. The van der Waals surface area contributed by atoms with Crippen LogP contribution in [0.4, 0.5) is 10.1 Å². The lowest BCUT2D eigenvalue weighted by Gasteiger charge is -2.40. The van der Waals surface area contributed by atoms with Crippen LogP contribution in [-0.4, -0.2) is 58.4 Å². The van der Waals surface area contributed by atoms with Crippen molar-refractivity contribution in [3.63, 3.8) is 0 Å². The zero-order valence-electron chi connectivity index (χ0n) is 20.9. The van der Waals surface area contributed by atoms with Crippen LogP contribution in [0.2, 0.25) is 0 Å². The van der Waals surface area contributed by atoms with Gasteiger partial charge in [0.2, 0.25) is 0 Å². The number of aromatic nitrogens is 4. The van der Waals surface area contributed by atoms with Crippen molar-refractivity contribution in [3.8, 4) is 5.75 Å². The Morgan fingerprint density at radius 2 is 1.69 bits per heavy atom. The maximum atomic E-state index is 15.1. The fourth-order valence-electron chi connectivity index (χ4n) is 4.90. The van der Waals surface area contributed by atoms with Gasteiger partial charge < -0.3 is 9.64 Å². The molecule has 5 rings (SSSR count). The molecule has 1 aromatic heterocycles. The lowest BCUT2D eigenvalue weighted by Crippen LogP contribution is -2.48. The first-order chi connectivity index (χ1) is 17.5. The topological polar surface area (TPSA) is 59.3 Å². The number of aryl methyl sites for hydroxylation is 2. The predicted octanol–water partition coefficient (Wildman–Crippen LogP) is 4.40. The summed E-state index contributed by atoms with van der Waals surface area (Å²) in [6.45, 7) is 7.97. The zero-order valence-corrected chi connectivity index (χ0v) is 20.9. The van der Waals surface area contributed by atoms with Crippen LogP contribution in [0.1, 0.15) is 34.1 Å². The van der Waals surface area contributed by atoms with Crippen molar-refractivity contribution in [2.75, 3.05) is 38.2 Å². The highest BCUT2D eigenvalue weighted by Crippen LogP contribution is 2.32. The molecule has 1 aliphatic rings. The molecule has 0 aliphatic carbocycles. The minimum absolute atomic E-state index is 0.251. The molecule has 1 aliphatic heterocycles. The number of tetrazole rings is 1. The molecule has 1 atom stereocenters. The van der Waals surface area contributed by atoms with Crippen LogP contribution in [0.25, 0.3) is 0 Å². The van der Waals surface area contributed by atoms with Crippen LogP contribution in [0.5, 0.6) is 5.75 Å². The smallest absolute Gasteiger partial charge is 0.173 e. The molecule has 8 heteroatoms. The van der Waals surface area contributed by atoms with Crippen LogP contribution < -0.4 is 9.64 Å². The molecule has 1 fully saturated rings. The third kappa shape index (κ3) is 4.95. The number of ether oxygens (including phenoxy) is 1. The van der Waals surface area contributed by atoms with Gasteiger partial charge in [0.05, 0.1) is 13.7 Å². The van der Waals surface area contributed by atoms with Gasteiger partial charge in [-0.15, -0.1) is 5.10 Å². The number of anilines is 1. The van der Waals surface area contributed by atoms with E-state index < -0.39 is 0 Å². The SMILES string of the molecule is COc1ccc(Cn2nnnc2C(c2ccccc2F)N2CCN(c3cc(C)ccc3C)CC2)cc1. The summed E-state index contributed by atoms with van der Waals surface area (Å²) in [5.74, 6) is 1.18. The van der Waals surface area contributed by atoms with E-state index in [0.29, 0.717) is 17.9 Å². The van der Waals surface area contributed by atoms with Crippen molar-refractivity contribution in [3.05, 3.63) is 101 Å². The molecule has 7 nitrogen and oxygen atoms in total. The quantitative estimate of drug-likeness (QED) is 0.386. The highest BCUT2D eigenvalue weighted by molar-refractivity contribution is 5.55. The monoisotopic (exact) mass is 486 g/mol. The van der Waals surface area contributed by atoms with E-state index in [2.05, 4.69) is 57.4 Å². The highest BCUT2D eigenvalue weighted by atomic mass is 19.1. The summed E-state index contributed by atoms with van der Waals surface area (Å²) in [5, 5.41) is 12.7. The number of hydrogen-bond acceptors (Lipinski definition) is 6. The molecule has 36 heavy (non-hydrogen) atoms. The Balaban J connectivity index is 1.43. The van der Waals surface area contributed by atoms with E-state index in [1.54, 1.807) is 17.9 Å². The van der Waals surface area contributed by atoms with Crippen molar-refractivity contribution < 1.29 is 9.13 Å². The van der Waals surface area contributed by atoms with Crippen molar-refractivity contribution in [2.24, 2.45) is 0 Å². The van der Waals surface area contributed by atoms with E-state index in [0.717, 1.165) is 37.5 Å². The van der Waals surface area contributed by atoms with Crippen LogP contribution in [0, 0.1) is 19.7 Å². The summed E-state index contributed by atoms with van der Waals surface area (Å²) in [7, 11) is 1.65. The summed E-state index contributed by atoms with van der Waals surface area (Å²) in [4.78, 5) is 4.70. The summed E-state index contributed by atoms with van der Waals surface area (Å²) in [5.41, 5.74) is 5.41. The van der Waals surface area contributed by atoms with Gasteiger partial charge in [-0.05, 0) is 65.2 Å². The zero-order chi connectivity index (χ0) is 25.1. The summed E-state index contributed by atoms with van der Waals surface area (Å²) >= 11 is 0. The molecule has 1 unspecified atom stereocenters. The van der Waals surface area contributed by atoms with Gasteiger partial charge >= 0.3 is 0 Å². The second-order valence-electron chi connectivity index (χ2n) is 9.28. The molecule has 2 heterocycles. The lowest BCUT2D eigenvalue weighted by atomic mass is 10.0. The van der Waals surface area contributed by atoms with E-state index in [1.807, 2.05) is 36.4 Å². The molecule has 3 aromatic carbocycles. The first kappa shape index (κ1) is 23.9. The Kier molecular flexibility index (Phi) is 6.95. The molecule has 0 radical (unpaired) electrons. The largest absolute Gasteiger partial charge is 0.497 e. The van der Waals surface area contributed by atoms with Crippen molar-refractivity contribution in [2.45, 2.75) is 26.4 Å². The van der Waals surface area contributed by atoms with Gasteiger partial charge in [-0.3, -0.25) is 4.90 Å². The minimum Gasteiger partial charge on any atom is -0.497 e. The molecule has 0 amide bonds. The number of benzene rings is 3. The van der Waals surface area contributed by atoms with Crippen LogP contribution >= 0.6 is 0 Å². The van der Waals surface area contributed by atoms with Gasteiger partial charge in [-0.25, -0.2) is 9.07 Å². The molecular formula is C28H31FN6O. The fourth-order valence-corrected chi connectivity index (χ4v) is 4.90. The van der Waals surface area contributed by atoms with Crippen LogP contribution in [-0.2, 0) is 6.54 Å². The number of halogens is 1. The first-order valence-corrected chi connectivity index (χ1v) is 12.2. The van der Waals surface area contributed by atoms with Crippen molar-refractivity contribution in [1.29, 1.82) is 0 Å². The van der Waals surface area contributed by atoms with Gasteiger partial charge in [0.1, 0.15) is 17.6 Å². The summed E-state index contributed by atoms with van der Waals surface area (Å²) in [6.07, 6.45) is 0. The Morgan fingerprint density at radius 3 is 2.42 bits per heavy atom. The summed E-state index contributed by atoms with van der Waals surface area (Å²) < 4.78 is 22.2.